The molecule has 2 aliphatic rings. The van der Waals surface area contributed by atoms with Crippen LogP contribution in [0.2, 0.25) is 0 Å². The number of hydrogen-bond donors (Lipinski definition) is 1. The third kappa shape index (κ3) is 4.23. The van der Waals surface area contributed by atoms with Crippen molar-refractivity contribution < 1.29 is 37.4 Å². The van der Waals surface area contributed by atoms with Crippen LogP contribution >= 0.6 is 0 Å². The lowest BCUT2D eigenvalue weighted by Crippen LogP contribution is -2.34. The van der Waals surface area contributed by atoms with Crippen LogP contribution in [0, 0.1) is 29.4 Å². The Balaban J connectivity index is 1.37. The number of rotatable bonds is 6. The quantitative estimate of drug-likeness (QED) is 0.649. The second kappa shape index (κ2) is 9.20. The van der Waals surface area contributed by atoms with Crippen molar-refractivity contribution in [1.29, 1.82) is 0 Å². The van der Waals surface area contributed by atoms with E-state index in [1.807, 2.05) is 0 Å². The lowest BCUT2D eigenvalue weighted by molar-refractivity contribution is -0.118. The van der Waals surface area contributed by atoms with Gasteiger partial charge in [0.1, 0.15) is 11.6 Å². The zero-order valence-electron chi connectivity index (χ0n) is 18.5. The number of hydrogen-bond acceptors (Lipinski definition) is 6. The molecule has 0 bridgehead atoms. The van der Waals surface area contributed by atoms with Crippen molar-refractivity contribution in [2.24, 2.45) is 17.8 Å². The van der Waals surface area contributed by atoms with Crippen LogP contribution in [0.3, 0.4) is 0 Å². The highest BCUT2D eigenvalue weighted by Gasteiger charge is 2.60. The Morgan fingerprint density at radius 2 is 1.68 bits per heavy atom. The Bertz CT molecular complexity index is 1170. The molecule has 178 valence electrons. The number of anilines is 1. The van der Waals surface area contributed by atoms with E-state index in [0.717, 1.165) is 13.2 Å². The first-order chi connectivity index (χ1) is 16.3. The van der Waals surface area contributed by atoms with E-state index < -0.39 is 29.5 Å². The Morgan fingerprint density at radius 1 is 1.00 bits per heavy atom. The van der Waals surface area contributed by atoms with Gasteiger partial charge in [-0.2, -0.15) is 0 Å². The van der Waals surface area contributed by atoms with Crippen molar-refractivity contribution in [3.63, 3.8) is 0 Å². The normalized spacial score (nSPS) is 20.4. The summed E-state index contributed by atoms with van der Waals surface area (Å²) in [5.74, 6) is -4.84. The number of carbonyl (C=O) groups is 4. The number of piperidine rings is 1. The number of methoxy groups -OCH3 is 1. The molecule has 1 aliphatic heterocycles. The predicted octanol–water partition coefficient (Wildman–Crippen LogP) is 2.88. The molecular formula is C24H22F2N2O6. The minimum Gasteiger partial charge on any atom is -0.465 e. The zero-order chi connectivity index (χ0) is 24.6. The highest BCUT2D eigenvalue weighted by molar-refractivity contribution is 6.00. The van der Waals surface area contributed by atoms with E-state index in [1.54, 1.807) is 6.92 Å². The largest absolute Gasteiger partial charge is 0.465 e. The van der Waals surface area contributed by atoms with Crippen molar-refractivity contribution in [1.82, 2.24) is 4.90 Å². The average molecular weight is 472 g/mol. The molecule has 2 aromatic rings. The number of halogens is 2. The molecule has 2 fully saturated rings. The highest BCUT2D eigenvalue weighted by atomic mass is 19.1. The highest BCUT2D eigenvalue weighted by Crippen LogP contribution is 2.52. The second-order valence-electron chi connectivity index (χ2n) is 8.13. The number of ether oxygens (including phenoxy) is 2. The smallest absolute Gasteiger partial charge is 0.341 e. The summed E-state index contributed by atoms with van der Waals surface area (Å²) >= 11 is 0. The summed E-state index contributed by atoms with van der Waals surface area (Å²) in [5.41, 5.74) is -0.572. The van der Waals surface area contributed by atoms with Crippen LogP contribution < -0.4 is 5.32 Å². The van der Waals surface area contributed by atoms with Crippen molar-refractivity contribution in [2.45, 2.75) is 6.92 Å². The van der Waals surface area contributed by atoms with E-state index in [-0.39, 0.29) is 65.7 Å². The molecule has 1 saturated heterocycles. The summed E-state index contributed by atoms with van der Waals surface area (Å²) in [6.45, 7) is 2.21. The van der Waals surface area contributed by atoms with Gasteiger partial charge < -0.3 is 19.7 Å². The van der Waals surface area contributed by atoms with E-state index in [2.05, 4.69) is 10.1 Å². The standard InChI is InChI=1S/C24H22F2N2O6/c1-3-34-24(32)15-6-4-5-14(20(15)26)22(30)28-10-16-17(11-28)19(16)21(29)27-12-7-8-13(18(25)9-12)23(31)33-2/h4-9,16-17,19H,3,10-11H2,1-2H3,(H,27,29)/t16-,17+,19?. The third-order valence-electron chi connectivity index (χ3n) is 6.15. The first-order valence-corrected chi connectivity index (χ1v) is 10.7. The van der Waals surface area contributed by atoms with Gasteiger partial charge in [-0.3, -0.25) is 9.59 Å². The van der Waals surface area contributed by atoms with Crippen molar-refractivity contribution in [2.75, 3.05) is 32.1 Å². The van der Waals surface area contributed by atoms with Gasteiger partial charge in [-0.15, -0.1) is 0 Å². The molecule has 8 nitrogen and oxygen atoms in total. The van der Waals surface area contributed by atoms with Crippen molar-refractivity contribution >= 4 is 29.4 Å². The van der Waals surface area contributed by atoms with Gasteiger partial charge in [-0.1, -0.05) is 6.07 Å². The topological polar surface area (TPSA) is 102 Å². The number of benzene rings is 2. The second-order valence-corrected chi connectivity index (χ2v) is 8.13. The van der Waals surface area contributed by atoms with E-state index in [4.69, 9.17) is 4.74 Å². The number of fused-ring (bicyclic) bond motifs is 1. The number of esters is 2. The fraction of sp³-hybridized carbons (Fsp3) is 0.333. The van der Waals surface area contributed by atoms with Gasteiger partial charge >= 0.3 is 11.9 Å². The van der Waals surface area contributed by atoms with Crippen LogP contribution in [-0.2, 0) is 14.3 Å². The Morgan fingerprint density at radius 3 is 2.29 bits per heavy atom. The molecule has 2 amide bonds. The maximum atomic E-state index is 14.8. The molecule has 1 aliphatic carbocycles. The van der Waals surface area contributed by atoms with Crippen molar-refractivity contribution in [3.8, 4) is 0 Å². The van der Waals surface area contributed by atoms with Crippen LogP contribution in [0.1, 0.15) is 38.0 Å². The molecule has 1 saturated carbocycles. The zero-order valence-corrected chi connectivity index (χ0v) is 18.5. The summed E-state index contributed by atoms with van der Waals surface area (Å²) in [5, 5.41) is 2.63. The van der Waals surface area contributed by atoms with E-state index in [1.165, 1.54) is 35.2 Å². The van der Waals surface area contributed by atoms with Gasteiger partial charge in [-0.05, 0) is 49.1 Å². The van der Waals surface area contributed by atoms with Crippen LogP contribution in [0.25, 0.3) is 0 Å². The minimum atomic E-state index is -0.932. The molecular weight excluding hydrogens is 450 g/mol. The summed E-state index contributed by atoms with van der Waals surface area (Å²) in [6.07, 6.45) is 0. The molecule has 2 aromatic carbocycles. The maximum absolute atomic E-state index is 14.8. The summed E-state index contributed by atoms with van der Waals surface area (Å²) in [4.78, 5) is 50.3. The lowest BCUT2D eigenvalue weighted by atomic mass is 10.1. The molecule has 0 aromatic heterocycles. The Hall–Kier alpha value is -3.82. The van der Waals surface area contributed by atoms with Crippen LogP contribution in [0.5, 0.6) is 0 Å². The van der Waals surface area contributed by atoms with Crippen LogP contribution in [0.4, 0.5) is 14.5 Å². The first-order valence-electron chi connectivity index (χ1n) is 10.7. The van der Waals surface area contributed by atoms with Gasteiger partial charge in [0.2, 0.25) is 5.91 Å². The first kappa shape index (κ1) is 23.3. The fourth-order valence-electron chi connectivity index (χ4n) is 4.41. The third-order valence-corrected chi connectivity index (χ3v) is 6.15. The molecule has 0 spiro atoms. The molecule has 34 heavy (non-hydrogen) atoms. The minimum absolute atomic E-state index is 0.0808. The van der Waals surface area contributed by atoms with Gasteiger partial charge in [-0.25, -0.2) is 18.4 Å². The molecule has 10 heteroatoms. The summed E-state index contributed by atoms with van der Waals surface area (Å²) < 4.78 is 38.2. The number of nitrogens with one attached hydrogen (secondary N) is 1. The Kier molecular flexibility index (Phi) is 6.32. The van der Waals surface area contributed by atoms with Gasteiger partial charge in [0.15, 0.2) is 0 Å². The fourth-order valence-corrected chi connectivity index (χ4v) is 4.41. The molecule has 0 radical (unpaired) electrons. The molecule has 4 rings (SSSR count). The maximum Gasteiger partial charge on any atom is 0.341 e. The van der Waals surface area contributed by atoms with Gasteiger partial charge in [0, 0.05) is 24.7 Å². The number of likely N-dealkylation sites (tertiary alicyclic amines) is 1. The Labute approximate surface area is 193 Å². The summed E-state index contributed by atoms with van der Waals surface area (Å²) in [6, 6.07) is 7.65. The van der Waals surface area contributed by atoms with E-state index >= 15 is 0 Å². The summed E-state index contributed by atoms with van der Waals surface area (Å²) in [7, 11) is 1.14. The van der Waals surface area contributed by atoms with Crippen LogP contribution in [0.15, 0.2) is 36.4 Å². The molecule has 1 unspecified atom stereocenters. The van der Waals surface area contributed by atoms with Crippen LogP contribution in [-0.4, -0.2) is 55.5 Å². The predicted molar refractivity (Wildman–Crippen MR) is 115 cm³/mol. The number of amides is 2. The molecule has 1 N–H and O–H groups in total. The SMILES string of the molecule is CCOC(=O)c1cccc(C(=O)N2C[C@@H]3C(C(=O)Nc4ccc(C(=O)OC)c(F)c4)[C@@H]3C2)c1F. The average Bonchev–Trinajstić information content (AvgIpc) is 3.32. The molecule has 3 atom stereocenters. The number of carbonyl (C=O) groups excluding carboxylic acids is 4. The van der Waals surface area contributed by atoms with E-state index in [9.17, 15) is 28.0 Å². The molecule has 1 heterocycles. The number of nitrogens with zero attached hydrogens (tertiary/aromatic N) is 1. The van der Waals surface area contributed by atoms with Gasteiger partial charge in [0.05, 0.1) is 30.4 Å². The lowest BCUT2D eigenvalue weighted by Gasteiger charge is -2.20. The van der Waals surface area contributed by atoms with E-state index in [0.29, 0.717) is 0 Å². The van der Waals surface area contributed by atoms with Crippen molar-refractivity contribution in [3.05, 3.63) is 64.7 Å². The van der Waals surface area contributed by atoms with Gasteiger partial charge in [0.25, 0.3) is 5.91 Å². The monoisotopic (exact) mass is 472 g/mol.